The topological polar surface area (TPSA) is 69.8 Å². The Kier molecular flexibility index (Phi) is 3.29. The Morgan fingerprint density at radius 3 is 3.00 bits per heavy atom. The monoisotopic (exact) mass is 256 g/mol. The molecule has 3 N–H and O–H groups in total. The molecule has 19 heavy (non-hydrogen) atoms. The van der Waals surface area contributed by atoms with Crippen LogP contribution in [0.2, 0.25) is 0 Å². The molecule has 1 aromatic heterocycles. The van der Waals surface area contributed by atoms with Gasteiger partial charge in [-0.2, -0.15) is 5.10 Å². The van der Waals surface area contributed by atoms with E-state index in [9.17, 15) is 4.79 Å². The van der Waals surface area contributed by atoms with E-state index in [1.54, 1.807) is 6.20 Å². The fourth-order valence-electron chi connectivity index (χ4n) is 1.91. The first-order valence-corrected chi connectivity index (χ1v) is 6.44. The van der Waals surface area contributed by atoms with Gasteiger partial charge in [-0.05, 0) is 31.0 Å². The zero-order chi connectivity index (χ0) is 13.1. The molecule has 1 amide bonds. The minimum absolute atomic E-state index is 0.00587. The number of H-pyrrole nitrogens is 1. The highest BCUT2D eigenvalue weighted by Gasteiger charge is 2.21. The summed E-state index contributed by atoms with van der Waals surface area (Å²) in [6, 6.07) is 10.2. The normalized spacial score (nSPS) is 14.3. The third kappa shape index (κ3) is 3.20. The second-order valence-corrected chi connectivity index (χ2v) is 4.75. The molecule has 3 rings (SSSR count). The lowest BCUT2D eigenvalue weighted by molar-refractivity contribution is -0.115. The van der Waals surface area contributed by atoms with Gasteiger partial charge in [-0.1, -0.05) is 12.1 Å². The Labute approximate surface area is 111 Å². The standard InChI is InChI=1S/C14H16N4O/c19-14(9-15-11-4-5-11)17-12-3-1-2-10(8-12)13-6-7-16-18-13/h1-3,6-8,11,15H,4-5,9H2,(H,16,18)(H,17,19). The largest absolute Gasteiger partial charge is 0.325 e. The van der Waals surface area contributed by atoms with E-state index in [0.717, 1.165) is 16.9 Å². The predicted molar refractivity (Wildman–Crippen MR) is 73.7 cm³/mol. The Hall–Kier alpha value is -2.14. The maximum absolute atomic E-state index is 11.7. The fourth-order valence-corrected chi connectivity index (χ4v) is 1.91. The van der Waals surface area contributed by atoms with Crippen molar-refractivity contribution >= 4 is 11.6 Å². The first kappa shape index (κ1) is 11.9. The summed E-state index contributed by atoms with van der Waals surface area (Å²) in [5.41, 5.74) is 2.74. The van der Waals surface area contributed by atoms with Gasteiger partial charge < -0.3 is 10.6 Å². The minimum Gasteiger partial charge on any atom is -0.325 e. The van der Waals surface area contributed by atoms with E-state index in [0.29, 0.717) is 12.6 Å². The molecular formula is C14H16N4O. The van der Waals surface area contributed by atoms with Crippen molar-refractivity contribution in [2.75, 3.05) is 11.9 Å². The second kappa shape index (κ2) is 5.24. The summed E-state index contributed by atoms with van der Waals surface area (Å²) in [6.45, 7) is 0.374. The van der Waals surface area contributed by atoms with Crippen LogP contribution in [-0.4, -0.2) is 28.7 Å². The number of nitrogens with one attached hydrogen (secondary N) is 3. The molecule has 5 nitrogen and oxygen atoms in total. The number of aromatic nitrogens is 2. The molecule has 98 valence electrons. The van der Waals surface area contributed by atoms with Crippen LogP contribution in [0, 0.1) is 0 Å². The van der Waals surface area contributed by atoms with Crippen LogP contribution in [0.4, 0.5) is 5.69 Å². The first-order valence-electron chi connectivity index (χ1n) is 6.44. The van der Waals surface area contributed by atoms with Crippen LogP contribution in [0.15, 0.2) is 36.5 Å². The van der Waals surface area contributed by atoms with Crippen molar-refractivity contribution in [3.05, 3.63) is 36.5 Å². The van der Waals surface area contributed by atoms with Crippen molar-refractivity contribution < 1.29 is 4.79 Å². The van der Waals surface area contributed by atoms with Gasteiger partial charge in [-0.3, -0.25) is 9.89 Å². The molecule has 1 fully saturated rings. The quantitative estimate of drug-likeness (QED) is 0.763. The summed E-state index contributed by atoms with van der Waals surface area (Å²) >= 11 is 0. The SMILES string of the molecule is O=C(CNC1CC1)Nc1cccc(-c2ccn[nH]2)c1. The van der Waals surface area contributed by atoms with Crippen LogP contribution in [0.5, 0.6) is 0 Å². The molecule has 1 aliphatic carbocycles. The summed E-state index contributed by atoms with van der Waals surface area (Å²) in [5, 5.41) is 12.9. The summed E-state index contributed by atoms with van der Waals surface area (Å²) < 4.78 is 0. The van der Waals surface area contributed by atoms with E-state index in [-0.39, 0.29) is 5.91 Å². The molecule has 0 saturated heterocycles. The van der Waals surface area contributed by atoms with Crippen molar-refractivity contribution in [3.8, 4) is 11.3 Å². The zero-order valence-electron chi connectivity index (χ0n) is 10.5. The maximum Gasteiger partial charge on any atom is 0.238 e. The van der Waals surface area contributed by atoms with Crippen LogP contribution in [0.3, 0.4) is 0 Å². The molecule has 0 radical (unpaired) electrons. The average molecular weight is 256 g/mol. The van der Waals surface area contributed by atoms with Gasteiger partial charge in [0.2, 0.25) is 5.91 Å². The molecule has 1 aromatic carbocycles. The Morgan fingerprint density at radius 2 is 2.26 bits per heavy atom. The number of carbonyl (C=O) groups is 1. The summed E-state index contributed by atoms with van der Waals surface area (Å²) in [5.74, 6) is -0.00587. The molecular weight excluding hydrogens is 240 g/mol. The van der Waals surface area contributed by atoms with E-state index >= 15 is 0 Å². The number of nitrogens with zero attached hydrogens (tertiary/aromatic N) is 1. The number of anilines is 1. The molecule has 0 atom stereocenters. The van der Waals surface area contributed by atoms with Crippen LogP contribution in [0.1, 0.15) is 12.8 Å². The summed E-state index contributed by atoms with van der Waals surface area (Å²) in [7, 11) is 0. The molecule has 1 heterocycles. The molecule has 0 spiro atoms. The second-order valence-electron chi connectivity index (χ2n) is 4.75. The van der Waals surface area contributed by atoms with Gasteiger partial charge in [0.25, 0.3) is 0 Å². The summed E-state index contributed by atoms with van der Waals surface area (Å²) in [4.78, 5) is 11.7. The van der Waals surface area contributed by atoms with Crippen molar-refractivity contribution in [2.24, 2.45) is 0 Å². The van der Waals surface area contributed by atoms with Crippen molar-refractivity contribution in [1.29, 1.82) is 0 Å². The van der Waals surface area contributed by atoms with Crippen molar-refractivity contribution in [3.63, 3.8) is 0 Å². The number of benzene rings is 1. The lowest BCUT2D eigenvalue weighted by Crippen LogP contribution is -2.29. The van der Waals surface area contributed by atoms with E-state index in [2.05, 4.69) is 20.8 Å². The van der Waals surface area contributed by atoms with Gasteiger partial charge in [-0.15, -0.1) is 0 Å². The highest BCUT2D eigenvalue weighted by atomic mass is 16.1. The highest BCUT2D eigenvalue weighted by Crippen LogP contribution is 2.20. The average Bonchev–Trinajstić information content (AvgIpc) is 3.09. The van der Waals surface area contributed by atoms with Gasteiger partial charge in [0.05, 0.1) is 12.2 Å². The van der Waals surface area contributed by atoms with Crippen molar-refractivity contribution in [2.45, 2.75) is 18.9 Å². The van der Waals surface area contributed by atoms with E-state index < -0.39 is 0 Å². The number of hydrogen-bond donors (Lipinski definition) is 3. The first-order chi connectivity index (χ1) is 9.31. The smallest absolute Gasteiger partial charge is 0.238 e. The number of aromatic amines is 1. The predicted octanol–water partition coefficient (Wildman–Crippen LogP) is 1.77. The Bertz CT molecular complexity index is 561. The fraction of sp³-hybridized carbons (Fsp3) is 0.286. The van der Waals surface area contributed by atoms with Crippen LogP contribution in [0.25, 0.3) is 11.3 Å². The number of carbonyl (C=O) groups excluding carboxylic acids is 1. The van der Waals surface area contributed by atoms with Crippen LogP contribution < -0.4 is 10.6 Å². The number of amides is 1. The zero-order valence-corrected chi connectivity index (χ0v) is 10.5. The van der Waals surface area contributed by atoms with E-state index in [1.807, 2.05) is 30.3 Å². The molecule has 2 aromatic rings. The van der Waals surface area contributed by atoms with Gasteiger partial charge in [0, 0.05) is 23.5 Å². The number of rotatable bonds is 5. The maximum atomic E-state index is 11.7. The van der Waals surface area contributed by atoms with Crippen LogP contribution in [-0.2, 0) is 4.79 Å². The highest BCUT2D eigenvalue weighted by molar-refractivity contribution is 5.92. The van der Waals surface area contributed by atoms with E-state index in [1.165, 1.54) is 12.8 Å². The lowest BCUT2D eigenvalue weighted by atomic mass is 10.1. The molecule has 0 unspecified atom stereocenters. The molecule has 1 aliphatic rings. The van der Waals surface area contributed by atoms with Gasteiger partial charge >= 0.3 is 0 Å². The molecule has 0 aliphatic heterocycles. The Balaban J connectivity index is 1.63. The minimum atomic E-state index is -0.00587. The van der Waals surface area contributed by atoms with Gasteiger partial charge in [0.1, 0.15) is 0 Å². The third-order valence-corrected chi connectivity index (χ3v) is 3.09. The molecule has 5 heteroatoms. The van der Waals surface area contributed by atoms with Gasteiger partial charge in [0.15, 0.2) is 0 Å². The van der Waals surface area contributed by atoms with Crippen LogP contribution >= 0.6 is 0 Å². The Morgan fingerprint density at radius 1 is 1.37 bits per heavy atom. The van der Waals surface area contributed by atoms with Gasteiger partial charge in [-0.25, -0.2) is 0 Å². The lowest BCUT2D eigenvalue weighted by Gasteiger charge is -2.07. The molecule has 1 saturated carbocycles. The third-order valence-electron chi connectivity index (χ3n) is 3.09. The van der Waals surface area contributed by atoms with E-state index in [4.69, 9.17) is 0 Å². The van der Waals surface area contributed by atoms with Crippen molar-refractivity contribution in [1.82, 2.24) is 15.5 Å². The number of hydrogen-bond acceptors (Lipinski definition) is 3. The summed E-state index contributed by atoms with van der Waals surface area (Å²) in [6.07, 6.45) is 4.07. The molecule has 0 bridgehead atoms.